The van der Waals surface area contributed by atoms with Crippen molar-refractivity contribution in [2.24, 2.45) is 0 Å². The van der Waals surface area contributed by atoms with E-state index in [2.05, 4.69) is 30.5 Å². The zero-order chi connectivity index (χ0) is 20.1. The number of sulfone groups is 1. The van der Waals surface area contributed by atoms with Gasteiger partial charge in [-0.2, -0.15) is 0 Å². The molecule has 2 heterocycles. The van der Waals surface area contributed by atoms with Crippen LogP contribution in [0.3, 0.4) is 0 Å². The predicted molar refractivity (Wildman–Crippen MR) is 113 cm³/mol. The molecule has 0 radical (unpaired) electrons. The van der Waals surface area contributed by atoms with Crippen molar-refractivity contribution in [1.82, 2.24) is 4.57 Å². The topological polar surface area (TPSA) is 52.2 Å². The summed E-state index contributed by atoms with van der Waals surface area (Å²) in [5, 5.41) is 1.05. The maximum atomic E-state index is 12.7. The SMILES string of the molecule is CCn1c(C)c(-c2c(S(C)(=O)=O)ccc(C)c2-c2ccco2)c2ccccc21. The summed E-state index contributed by atoms with van der Waals surface area (Å²) >= 11 is 0. The molecule has 0 atom stereocenters. The zero-order valence-corrected chi connectivity index (χ0v) is 17.3. The van der Waals surface area contributed by atoms with Crippen LogP contribution in [0.15, 0.2) is 64.1 Å². The average Bonchev–Trinajstić information content (AvgIpc) is 3.25. The molecule has 28 heavy (non-hydrogen) atoms. The molecular formula is C23H23NO3S. The quantitative estimate of drug-likeness (QED) is 0.453. The third-order valence-corrected chi connectivity index (χ3v) is 6.48. The van der Waals surface area contributed by atoms with E-state index in [1.807, 2.05) is 37.3 Å². The first-order valence-corrected chi connectivity index (χ1v) is 11.2. The minimum atomic E-state index is -3.45. The minimum absolute atomic E-state index is 0.326. The van der Waals surface area contributed by atoms with Crippen molar-refractivity contribution >= 4 is 20.7 Å². The molecule has 144 valence electrons. The Kier molecular flexibility index (Phi) is 4.42. The summed E-state index contributed by atoms with van der Waals surface area (Å²) in [6.07, 6.45) is 2.88. The number of furan rings is 1. The first-order chi connectivity index (χ1) is 13.3. The van der Waals surface area contributed by atoms with Crippen molar-refractivity contribution in [3.63, 3.8) is 0 Å². The molecule has 0 fully saturated rings. The molecule has 2 aromatic carbocycles. The fraction of sp³-hybridized carbons (Fsp3) is 0.217. The molecule has 0 saturated carbocycles. The van der Waals surface area contributed by atoms with Gasteiger partial charge in [-0.1, -0.05) is 24.3 Å². The highest BCUT2D eigenvalue weighted by Crippen LogP contribution is 2.44. The van der Waals surface area contributed by atoms with Crippen LogP contribution in [0, 0.1) is 13.8 Å². The number of benzene rings is 2. The van der Waals surface area contributed by atoms with E-state index >= 15 is 0 Å². The van der Waals surface area contributed by atoms with Crippen molar-refractivity contribution in [3.8, 4) is 22.5 Å². The number of hydrogen-bond acceptors (Lipinski definition) is 3. The Hall–Kier alpha value is -2.79. The Morgan fingerprint density at radius 2 is 1.68 bits per heavy atom. The molecule has 4 rings (SSSR count). The van der Waals surface area contributed by atoms with Gasteiger partial charge in [0.05, 0.1) is 11.2 Å². The number of rotatable bonds is 4. The molecule has 0 aliphatic carbocycles. The van der Waals surface area contributed by atoms with Gasteiger partial charge in [-0.3, -0.25) is 0 Å². The van der Waals surface area contributed by atoms with Crippen molar-refractivity contribution in [2.45, 2.75) is 32.2 Å². The predicted octanol–water partition coefficient (Wildman–Crippen LogP) is 5.61. The van der Waals surface area contributed by atoms with Gasteiger partial charge in [0.2, 0.25) is 0 Å². The van der Waals surface area contributed by atoms with Crippen molar-refractivity contribution in [2.75, 3.05) is 6.26 Å². The van der Waals surface area contributed by atoms with Gasteiger partial charge in [0.1, 0.15) is 5.76 Å². The smallest absolute Gasteiger partial charge is 0.176 e. The van der Waals surface area contributed by atoms with Crippen molar-refractivity contribution in [3.05, 3.63) is 66.1 Å². The standard InChI is InChI=1S/C23H23NO3S/c1-5-24-16(3)22(17-9-6-7-10-18(17)24)23-20(28(4,25)26)13-12-15(2)21(23)19-11-8-14-27-19/h6-14H,5H2,1-4H3. The summed E-state index contributed by atoms with van der Waals surface area (Å²) in [7, 11) is -3.45. The Labute approximate surface area is 165 Å². The van der Waals surface area contributed by atoms with Gasteiger partial charge in [0.15, 0.2) is 9.84 Å². The van der Waals surface area contributed by atoms with Gasteiger partial charge in [0, 0.05) is 46.1 Å². The van der Waals surface area contributed by atoms with Gasteiger partial charge in [-0.05, 0) is 50.6 Å². The lowest BCUT2D eigenvalue weighted by Gasteiger charge is -2.16. The van der Waals surface area contributed by atoms with E-state index in [-0.39, 0.29) is 0 Å². The lowest BCUT2D eigenvalue weighted by atomic mass is 9.92. The van der Waals surface area contributed by atoms with Crippen LogP contribution in [-0.2, 0) is 16.4 Å². The molecule has 0 spiro atoms. The molecule has 4 aromatic rings. The van der Waals surface area contributed by atoms with Crippen molar-refractivity contribution in [1.29, 1.82) is 0 Å². The number of para-hydroxylation sites is 1. The van der Waals surface area contributed by atoms with Gasteiger partial charge in [0.25, 0.3) is 0 Å². The lowest BCUT2D eigenvalue weighted by Crippen LogP contribution is -2.04. The van der Waals surface area contributed by atoms with E-state index in [4.69, 9.17) is 4.42 Å². The van der Waals surface area contributed by atoms with E-state index in [1.54, 1.807) is 12.3 Å². The molecule has 0 unspecified atom stereocenters. The van der Waals surface area contributed by atoms with E-state index < -0.39 is 9.84 Å². The van der Waals surface area contributed by atoms with Crippen LogP contribution in [0.4, 0.5) is 0 Å². The number of hydrogen-bond donors (Lipinski definition) is 0. The molecule has 0 saturated heterocycles. The fourth-order valence-electron chi connectivity index (χ4n) is 4.14. The van der Waals surface area contributed by atoms with Gasteiger partial charge in [-0.15, -0.1) is 0 Å². The second-order valence-electron chi connectivity index (χ2n) is 7.10. The largest absolute Gasteiger partial charge is 0.464 e. The van der Waals surface area contributed by atoms with E-state index in [1.165, 1.54) is 6.26 Å². The number of aromatic nitrogens is 1. The second-order valence-corrected chi connectivity index (χ2v) is 9.09. The summed E-state index contributed by atoms with van der Waals surface area (Å²) in [6, 6.07) is 15.4. The number of fused-ring (bicyclic) bond motifs is 1. The van der Waals surface area contributed by atoms with Crippen LogP contribution >= 0.6 is 0 Å². The minimum Gasteiger partial charge on any atom is -0.464 e. The molecule has 0 N–H and O–H groups in total. The Morgan fingerprint density at radius 3 is 2.32 bits per heavy atom. The summed E-state index contributed by atoms with van der Waals surface area (Å²) in [5.41, 5.74) is 5.63. The molecule has 0 amide bonds. The molecule has 0 aliphatic rings. The fourth-order valence-corrected chi connectivity index (χ4v) is 5.03. The number of aryl methyl sites for hydroxylation is 2. The van der Waals surface area contributed by atoms with Crippen LogP contribution in [0.2, 0.25) is 0 Å². The maximum absolute atomic E-state index is 12.7. The molecule has 2 aromatic heterocycles. The summed E-state index contributed by atoms with van der Waals surface area (Å²) < 4.78 is 33.4. The first kappa shape index (κ1) is 18.6. The maximum Gasteiger partial charge on any atom is 0.176 e. The summed E-state index contributed by atoms with van der Waals surface area (Å²) in [6.45, 7) is 6.95. The Morgan fingerprint density at radius 1 is 0.929 bits per heavy atom. The monoisotopic (exact) mass is 393 g/mol. The molecule has 4 nitrogen and oxygen atoms in total. The highest BCUT2D eigenvalue weighted by molar-refractivity contribution is 7.90. The normalized spacial score (nSPS) is 12.0. The molecule has 0 aliphatic heterocycles. The van der Waals surface area contributed by atoms with Crippen LogP contribution in [-0.4, -0.2) is 19.2 Å². The van der Waals surface area contributed by atoms with Crippen LogP contribution < -0.4 is 0 Å². The first-order valence-electron chi connectivity index (χ1n) is 9.30. The van der Waals surface area contributed by atoms with E-state index in [0.717, 1.165) is 45.4 Å². The third kappa shape index (κ3) is 2.78. The second kappa shape index (κ2) is 6.67. The van der Waals surface area contributed by atoms with Crippen molar-refractivity contribution < 1.29 is 12.8 Å². The molecule has 5 heteroatoms. The van der Waals surface area contributed by atoms with Gasteiger partial charge < -0.3 is 8.98 Å². The van der Waals surface area contributed by atoms with Gasteiger partial charge >= 0.3 is 0 Å². The van der Waals surface area contributed by atoms with Gasteiger partial charge in [-0.25, -0.2) is 8.42 Å². The lowest BCUT2D eigenvalue weighted by molar-refractivity contribution is 0.582. The van der Waals surface area contributed by atoms with E-state index in [9.17, 15) is 8.42 Å². The molecular weight excluding hydrogens is 370 g/mol. The summed E-state index contributed by atoms with van der Waals surface area (Å²) in [5.74, 6) is 0.672. The average molecular weight is 394 g/mol. The number of nitrogens with zero attached hydrogens (tertiary/aromatic N) is 1. The van der Waals surface area contributed by atoms with Crippen LogP contribution in [0.1, 0.15) is 18.2 Å². The zero-order valence-electron chi connectivity index (χ0n) is 16.5. The highest BCUT2D eigenvalue weighted by atomic mass is 32.2. The Bertz CT molecular complexity index is 1280. The Balaban J connectivity index is 2.25. The molecule has 0 bridgehead atoms. The highest BCUT2D eigenvalue weighted by Gasteiger charge is 2.26. The van der Waals surface area contributed by atoms with Crippen LogP contribution in [0.5, 0.6) is 0 Å². The van der Waals surface area contributed by atoms with E-state index in [0.29, 0.717) is 10.7 Å². The summed E-state index contributed by atoms with van der Waals surface area (Å²) in [4.78, 5) is 0.326. The van der Waals surface area contributed by atoms with Crippen LogP contribution in [0.25, 0.3) is 33.4 Å². The third-order valence-electron chi connectivity index (χ3n) is 5.34.